The smallest absolute Gasteiger partial charge is 0.261 e. The minimum Gasteiger partial charge on any atom is -0.508 e. The lowest BCUT2D eigenvalue weighted by atomic mass is 10.2. The highest BCUT2D eigenvalue weighted by Gasteiger charge is 2.15. The third-order valence-electron chi connectivity index (χ3n) is 2.57. The quantitative estimate of drug-likeness (QED) is 0.784. The molecule has 0 aliphatic heterocycles. The van der Waals surface area contributed by atoms with Crippen molar-refractivity contribution in [1.82, 2.24) is 15.1 Å². The predicted molar refractivity (Wildman–Crippen MR) is 69.6 cm³/mol. The zero-order chi connectivity index (χ0) is 14.1. The SMILES string of the molecule is Oc1ccc(-c2nc(-c3ccc(Cl)cn3)no2)c(F)c1. The van der Waals surface area contributed by atoms with Crippen molar-refractivity contribution < 1.29 is 14.0 Å². The van der Waals surface area contributed by atoms with Crippen LogP contribution in [0.15, 0.2) is 41.1 Å². The average molecular weight is 292 g/mol. The summed E-state index contributed by atoms with van der Waals surface area (Å²) in [4.78, 5) is 8.11. The van der Waals surface area contributed by atoms with Crippen molar-refractivity contribution in [1.29, 1.82) is 0 Å². The minimum atomic E-state index is -0.649. The van der Waals surface area contributed by atoms with E-state index in [0.717, 1.165) is 6.07 Å². The Morgan fingerprint density at radius 1 is 1.20 bits per heavy atom. The number of benzene rings is 1. The van der Waals surface area contributed by atoms with Crippen LogP contribution in [0.3, 0.4) is 0 Å². The van der Waals surface area contributed by atoms with Crippen molar-refractivity contribution in [3.05, 3.63) is 47.4 Å². The monoisotopic (exact) mass is 291 g/mol. The Balaban J connectivity index is 1.99. The Bertz CT molecular complexity index is 759. The predicted octanol–water partition coefficient (Wildman–Crippen LogP) is 3.30. The van der Waals surface area contributed by atoms with Crippen molar-refractivity contribution in [3.8, 4) is 28.7 Å². The van der Waals surface area contributed by atoms with E-state index in [0.29, 0.717) is 10.7 Å². The highest BCUT2D eigenvalue weighted by molar-refractivity contribution is 6.30. The Morgan fingerprint density at radius 3 is 2.75 bits per heavy atom. The van der Waals surface area contributed by atoms with Gasteiger partial charge >= 0.3 is 0 Å². The Kier molecular flexibility index (Phi) is 3.08. The van der Waals surface area contributed by atoms with E-state index >= 15 is 0 Å². The van der Waals surface area contributed by atoms with E-state index < -0.39 is 5.82 Å². The standard InChI is InChI=1S/C13H7ClFN3O2/c14-7-1-4-11(16-6-7)12-17-13(20-18-12)9-3-2-8(19)5-10(9)15/h1-6,19H. The molecule has 5 nitrogen and oxygen atoms in total. The molecule has 0 saturated carbocycles. The molecule has 0 saturated heterocycles. The fourth-order valence-corrected chi connectivity index (χ4v) is 1.73. The number of aromatic nitrogens is 3. The van der Waals surface area contributed by atoms with Crippen molar-refractivity contribution in [2.24, 2.45) is 0 Å². The van der Waals surface area contributed by atoms with Crippen LogP contribution in [-0.2, 0) is 0 Å². The van der Waals surface area contributed by atoms with Gasteiger partial charge in [-0.2, -0.15) is 4.98 Å². The van der Waals surface area contributed by atoms with E-state index in [1.807, 2.05) is 0 Å². The van der Waals surface area contributed by atoms with Gasteiger partial charge in [0.25, 0.3) is 5.89 Å². The molecule has 0 fully saturated rings. The van der Waals surface area contributed by atoms with Gasteiger partial charge < -0.3 is 9.63 Å². The molecule has 100 valence electrons. The number of pyridine rings is 1. The van der Waals surface area contributed by atoms with Gasteiger partial charge in [-0.3, -0.25) is 4.98 Å². The van der Waals surface area contributed by atoms with Crippen molar-refractivity contribution in [2.75, 3.05) is 0 Å². The second kappa shape index (κ2) is 4.90. The van der Waals surface area contributed by atoms with Crippen LogP contribution in [0.1, 0.15) is 0 Å². The number of rotatable bonds is 2. The summed E-state index contributed by atoms with van der Waals surface area (Å²) in [6.07, 6.45) is 1.45. The number of nitrogens with zero attached hydrogens (tertiary/aromatic N) is 3. The number of aromatic hydroxyl groups is 1. The van der Waals surface area contributed by atoms with Gasteiger partial charge in [-0.1, -0.05) is 16.8 Å². The molecule has 0 aliphatic carbocycles. The fourth-order valence-electron chi connectivity index (χ4n) is 1.62. The molecule has 3 rings (SSSR count). The first-order chi connectivity index (χ1) is 9.63. The molecular formula is C13H7ClFN3O2. The summed E-state index contributed by atoms with van der Waals surface area (Å²) in [7, 11) is 0. The van der Waals surface area contributed by atoms with Gasteiger partial charge in [0, 0.05) is 12.3 Å². The Morgan fingerprint density at radius 2 is 2.05 bits per heavy atom. The molecule has 3 aromatic rings. The topological polar surface area (TPSA) is 72.0 Å². The third-order valence-corrected chi connectivity index (χ3v) is 2.79. The molecule has 0 aliphatic rings. The molecule has 7 heteroatoms. The third kappa shape index (κ3) is 2.33. The summed E-state index contributed by atoms with van der Waals surface area (Å²) in [6.45, 7) is 0. The van der Waals surface area contributed by atoms with Crippen LogP contribution in [0, 0.1) is 5.82 Å². The lowest BCUT2D eigenvalue weighted by Gasteiger charge is -1.97. The molecule has 1 aromatic carbocycles. The lowest BCUT2D eigenvalue weighted by molar-refractivity contribution is 0.428. The minimum absolute atomic E-state index is 0.00856. The van der Waals surface area contributed by atoms with Crippen LogP contribution in [0.25, 0.3) is 23.0 Å². The maximum Gasteiger partial charge on any atom is 0.261 e. The largest absolute Gasteiger partial charge is 0.508 e. The maximum absolute atomic E-state index is 13.7. The van der Waals surface area contributed by atoms with Gasteiger partial charge in [0.2, 0.25) is 5.82 Å². The van der Waals surface area contributed by atoms with Gasteiger partial charge in [-0.25, -0.2) is 4.39 Å². The van der Waals surface area contributed by atoms with E-state index in [-0.39, 0.29) is 23.0 Å². The first-order valence-electron chi connectivity index (χ1n) is 5.58. The number of hydrogen-bond donors (Lipinski definition) is 1. The molecule has 0 amide bonds. The van der Waals surface area contributed by atoms with E-state index in [1.165, 1.54) is 18.3 Å². The van der Waals surface area contributed by atoms with Gasteiger partial charge in [-0.15, -0.1) is 0 Å². The summed E-state index contributed by atoms with van der Waals surface area (Å²) < 4.78 is 18.7. The highest BCUT2D eigenvalue weighted by Crippen LogP contribution is 2.26. The second-order valence-corrected chi connectivity index (χ2v) is 4.39. The molecule has 0 unspecified atom stereocenters. The summed E-state index contributed by atoms with van der Waals surface area (Å²) in [5.41, 5.74) is 0.569. The first-order valence-corrected chi connectivity index (χ1v) is 5.96. The zero-order valence-electron chi connectivity index (χ0n) is 9.92. The van der Waals surface area contributed by atoms with E-state index in [9.17, 15) is 4.39 Å². The second-order valence-electron chi connectivity index (χ2n) is 3.95. The zero-order valence-corrected chi connectivity index (χ0v) is 10.7. The van der Waals surface area contributed by atoms with Gasteiger partial charge in [0.05, 0.1) is 10.6 Å². The molecule has 0 atom stereocenters. The van der Waals surface area contributed by atoms with Crippen molar-refractivity contribution in [2.45, 2.75) is 0 Å². The lowest BCUT2D eigenvalue weighted by Crippen LogP contribution is -1.86. The molecule has 1 N–H and O–H groups in total. The van der Waals surface area contributed by atoms with E-state index in [1.54, 1.807) is 12.1 Å². The van der Waals surface area contributed by atoms with Crippen LogP contribution >= 0.6 is 11.6 Å². The summed E-state index contributed by atoms with van der Waals surface area (Å²) in [5, 5.41) is 13.4. The maximum atomic E-state index is 13.7. The molecule has 2 aromatic heterocycles. The molecule has 20 heavy (non-hydrogen) atoms. The van der Waals surface area contributed by atoms with Crippen LogP contribution in [0.4, 0.5) is 4.39 Å². The number of hydrogen-bond acceptors (Lipinski definition) is 5. The van der Waals surface area contributed by atoms with E-state index in [4.69, 9.17) is 21.2 Å². The number of phenols is 1. The first kappa shape index (κ1) is 12.6. The molecular weight excluding hydrogens is 285 g/mol. The molecule has 0 bridgehead atoms. The van der Waals surface area contributed by atoms with Crippen LogP contribution in [0.2, 0.25) is 5.02 Å². The number of phenolic OH excluding ortho intramolecular Hbond substituents is 1. The van der Waals surface area contributed by atoms with Gasteiger partial charge in [0.1, 0.15) is 17.3 Å². The molecule has 0 spiro atoms. The van der Waals surface area contributed by atoms with Crippen LogP contribution in [-0.4, -0.2) is 20.2 Å². The fraction of sp³-hybridized carbons (Fsp3) is 0. The normalized spacial score (nSPS) is 10.7. The van der Waals surface area contributed by atoms with Crippen LogP contribution < -0.4 is 0 Å². The highest BCUT2D eigenvalue weighted by atomic mass is 35.5. The number of halogens is 2. The van der Waals surface area contributed by atoms with Crippen LogP contribution in [0.5, 0.6) is 5.75 Å². The molecule has 0 radical (unpaired) electrons. The summed E-state index contributed by atoms with van der Waals surface area (Å²) in [5.74, 6) is -0.590. The van der Waals surface area contributed by atoms with Gasteiger partial charge in [-0.05, 0) is 24.3 Å². The van der Waals surface area contributed by atoms with Crippen molar-refractivity contribution >= 4 is 11.6 Å². The van der Waals surface area contributed by atoms with Crippen molar-refractivity contribution in [3.63, 3.8) is 0 Å². The average Bonchev–Trinajstić information content (AvgIpc) is 2.89. The summed E-state index contributed by atoms with van der Waals surface area (Å²) >= 11 is 5.74. The Hall–Kier alpha value is -2.47. The summed E-state index contributed by atoms with van der Waals surface area (Å²) in [6, 6.07) is 6.94. The van der Waals surface area contributed by atoms with E-state index in [2.05, 4.69) is 15.1 Å². The van der Waals surface area contributed by atoms with Gasteiger partial charge in [0.15, 0.2) is 0 Å². The Labute approximate surface area is 117 Å². The molecule has 2 heterocycles.